The highest BCUT2D eigenvalue weighted by Crippen LogP contribution is 2.11. The van der Waals surface area contributed by atoms with E-state index in [0.29, 0.717) is 6.54 Å². The van der Waals surface area contributed by atoms with Crippen molar-refractivity contribution in [1.29, 1.82) is 0 Å². The van der Waals surface area contributed by atoms with Crippen LogP contribution < -0.4 is 16.0 Å². The fraction of sp³-hybridized carbons (Fsp3) is 0.600. The maximum Gasteiger partial charge on any atom is 0.242 e. The summed E-state index contributed by atoms with van der Waals surface area (Å²) in [6.07, 6.45) is 1.81. The minimum absolute atomic E-state index is 0.0108. The topological polar surface area (TPSA) is 71.0 Å². The van der Waals surface area contributed by atoms with Crippen molar-refractivity contribution in [3.05, 3.63) is 11.9 Å². The zero-order valence-corrected chi connectivity index (χ0v) is 9.58. The summed E-state index contributed by atoms with van der Waals surface area (Å²) in [5, 5.41) is 13.4. The minimum atomic E-state index is -0.159. The number of anilines is 1. The first-order chi connectivity index (χ1) is 7.66. The number of piperazine rings is 1. The van der Waals surface area contributed by atoms with Crippen molar-refractivity contribution in [3.63, 3.8) is 0 Å². The molecule has 0 saturated carbocycles. The third-order valence-electron chi connectivity index (χ3n) is 2.63. The van der Waals surface area contributed by atoms with E-state index in [0.717, 1.165) is 24.5 Å². The summed E-state index contributed by atoms with van der Waals surface area (Å²) in [6, 6.07) is -0.159. The lowest BCUT2D eigenvalue weighted by molar-refractivity contribution is -0.118. The van der Waals surface area contributed by atoms with Gasteiger partial charge in [0.1, 0.15) is 0 Å². The molecule has 2 heterocycles. The van der Waals surface area contributed by atoms with Crippen molar-refractivity contribution in [2.45, 2.75) is 13.0 Å². The first kappa shape index (κ1) is 11.1. The molecule has 1 aromatic rings. The molecule has 1 aliphatic rings. The van der Waals surface area contributed by atoms with Gasteiger partial charge in [-0.1, -0.05) is 0 Å². The second-order valence-corrected chi connectivity index (χ2v) is 4.00. The Balaban J connectivity index is 1.98. The Labute approximate surface area is 94.4 Å². The van der Waals surface area contributed by atoms with Crippen LogP contribution in [0.1, 0.15) is 5.69 Å². The lowest BCUT2D eigenvalue weighted by Crippen LogP contribution is -2.54. The molecule has 0 bridgehead atoms. The number of aryl methyl sites for hydroxylation is 2. The number of hydrogen-bond donors (Lipinski definition) is 3. The van der Waals surface area contributed by atoms with Gasteiger partial charge < -0.3 is 16.0 Å². The predicted octanol–water partition coefficient (Wildman–Crippen LogP) is -0.772. The molecule has 0 radical (unpaired) electrons. The quantitative estimate of drug-likeness (QED) is 0.615. The fourth-order valence-corrected chi connectivity index (χ4v) is 1.78. The Kier molecular flexibility index (Phi) is 3.21. The molecule has 1 aliphatic heterocycles. The van der Waals surface area contributed by atoms with E-state index in [-0.39, 0.29) is 11.9 Å². The standard InChI is InChI=1S/C10H17N5O/c1-7-9(6-15(2)14-7)13-10(16)8-5-11-3-4-12-8/h6,8,11-12H,3-5H2,1-2H3,(H,13,16). The number of nitrogens with zero attached hydrogens (tertiary/aromatic N) is 2. The van der Waals surface area contributed by atoms with Crippen LogP contribution in [0.4, 0.5) is 5.69 Å². The van der Waals surface area contributed by atoms with E-state index in [1.165, 1.54) is 0 Å². The monoisotopic (exact) mass is 223 g/mol. The van der Waals surface area contributed by atoms with Crippen molar-refractivity contribution in [2.75, 3.05) is 25.0 Å². The van der Waals surface area contributed by atoms with Gasteiger partial charge in [-0.2, -0.15) is 5.10 Å². The van der Waals surface area contributed by atoms with Gasteiger partial charge in [0.05, 0.1) is 17.4 Å². The van der Waals surface area contributed by atoms with Crippen LogP contribution in [0.25, 0.3) is 0 Å². The van der Waals surface area contributed by atoms with Crippen LogP contribution in [-0.2, 0) is 11.8 Å². The summed E-state index contributed by atoms with van der Waals surface area (Å²) in [6.45, 7) is 4.28. The van der Waals surface area contributed by atoms with Crippen LogP contribution in [-0.4, -0.2) is 41.4 Å². The lowest BCUT2D eigenvalue weighted by atomic mass is 10.2. The van der Waals surface area contributed by atoms with E-state index in [1.807, 2.05) is 20.2 Å². The SMILES string of the molecule is Cc1nn(C)cc1NC(=O)C1CNCCN1. The molecule has 6 nitrogen and oxygen atoms in total. The van der Waals surface area contributed by atoms with Gasteiger partial charge in [0.2, 0.25) is 5.91 Å². The molecule has 0 aliphatic carbocycles. The molecule has 1 amide bonds. The van der Waals surface area contributed by atoms with Crippen LogP contribution >= 0.6 is 0 Å². The zero-order chi connectivity index (χ0) is 11.5. The van der Waals surface area contributed by atoms with Crippen LogP contribution in [0.3, 0.4) is 0 Å². The Bertz CT molecular complexity index is 381. The Hall–Kier alpha value is -1.40. The van der Waals surface area contributed by atoms with Gasteiger partial charge in [-0.15, -0.1) is 0 Å². The third-order valence-corrected chi connectivity index (χ3v) is 2.63. The van der Waals surface area contributed by atoms with Gasteiger partial charge in [-0.3, -0.25) is 9.48 Å². The van der Waals surface area contributed by atoms with Crippen molar-refractivity contribution in [3.8, 4) is 0 Å². The number of carbonyl (C=O) groups is 1. The number of carbonyl (C=O) groups excluding carboxylic acids is 1. The lowest BCUT2D eigenvalue weighted by Gasteiger charge is -2.23. The van der Waals surface area contributed by atoms with Crippen LogP contribution in [0, 0.1) is 6.92 Å². The molecule has 0 spiro atoms. The average Bonchev–Trinajstić information content (AvgIpc) is 2.59. The summed E-state index contributed by atoms with van der Waals surface area (Å²) in [7, 11) is 1.84. The number of aromatic nitrogens is 2. The average molecular weight is 223 g/mol. The van der Waals surface area contributed by atoms with Gasteiger partial charge in [0.25, 0.3) is 0 Å². The Morgan fingerprint density at radius 1 is 1.62 bits per heavy atom. The van der Waals surface area contributed by atoms with E-state index in [9.17, 15) is 4.79 Å². The third kappa shape index (κ3) is 2.40. The molecule has 2 rings (SSSR count). The van der Waals surface area contributed by atoms with Crippen LogP contribution in [0.2, 0.25) is 0 Å². The molecule has 1 saturated heterocycles. The summed E-state index contributed by atoms with van der Waals surface area (Å²) < 4.78 is 1.69. The molecule has 1 aromatic heterocycles. The molecular formula is C10H17N5O. The zero-order valence-electron chi connectivity index (χ0n) is 9.58. The second-order valence-electron chi connectivity index (χ2n) is 4.00. The maximum absolute atomic E-state index is 11.9. The summed E-state index contributed by atoms with van der Waals surface area (Å²) in [4.78, 5) is 11.9. The van der Waals surface area contributed by atoms with E-state index in [4.69, 9.17) is 0 Å². The fourth-order valence-electron chi connectivity index (χ4n) is 1.78. The highest BCUT2D eigenvalue weighted by molar-refractivity contribution is 5.95. The van der Waals surface area contributed by atoms with Gasteiger partial charge in [0.15, 0.2) is 0 Å². The smallest absolute Gasteiger partial charge is 0.242 e. The maximum atomic E-state index is 11.9. The van der Waals surface area contributed by atoms with Crippen molar-refractivity contribution < 1.29 is 4.79 Å². The van der Waals surface area contributed by atoms with E-state index < -0.39 is 0 Å². The Morgan fingerprint density at radius 2 is 2.44 bits per heavy atom. The number of nitrogens with one attached hydrogen (secondary N) is 3. The first-order valence-corrected chi connectivity index (χ1v) is 5.42. The van der Waals surface area contributed by atoms with Gasteiger partial charge in [0, 0.05) is 32.9 Å². The largest absolute Gasteiger partial charge is 0.322 e. The normalized spacial score (nSPS) is 20.8. The van der Waals surface area contributed by atoms with Crippen LogP contribution in [0.5, 0.6) is 0 Å². The van der Waals surface area contributed by atoms with Gasteiger partial charge >= 0.3 is 0 Å². The molecule has 1 fully saturated rings. The highest BCUT2D eigenvalue weighted by Gasteiger charge is 2.21. The molecular weight excluding hydrogens is 206 g/mol. The summed E-state index contributed by atoms with van der Waals surface area (Å²) in [5.41, 5.74) is 1.61. The molecule has 88 valence electrons. The van der Waals surface area contributed by atoms with Crippen LogP contribution in [0.15, 0.2) is 6.20 Å². The number of rotatable bonds is 2. The number of amides is 1. The molecule has 6 heteroatoms. The molecule has 0 aromatic carbocycles. The van der Waals surface area contributed by atoms with E-state index in [1.54, 1.807) is 4.68 Å². The van der Waals surface area contributed by atoms with E-state index in [2.05, 4.69) is 21.0 Å². The first-order valence-electron chi connectivity index (χ1n) is 5.42. The summed E-state index contributed by atoms with van der Waals surface area (Å²) in [5.74, 6) is -0.0108. The van der Waals surface area contributed by atoms with Crippen molar-refractivity contribution in [1.82, 2.24) is 20.4 Å². The molecule has 16 heavy (non-hydrogen) atoms. The Morgan fingerprint density at radius 3 is 3.00 bits per heavy atom. The summed E-state index contributed by atoms with van der Waals surface area (Å²) >= 11 is 0. The molecule has 1 unspecified atom stereocenters. The van der Waals surface area contributed by atoms with E-state index >= 15 is 0 Å². The highest BCUT2D eigenvalue weighted by atomic mass is 16.2. The molecule has 3 N–H and O–H groups in total. The number of hydrogen-bond acceptors (Lipinski definition) is 4. The minimum Gasteiger partial charge on any atom is -0.322 e. The predicted molar refractivity (Wildman–Crippen MR) is 61.2 cm³/mol. The van der Waals surface area contributed by atoms with Gasteiger partial charge in [-0.25, -0.2) is 0 Å². The van der Waals surface area contributed by atoms with Crippen molar-refractivity contribution in [2.24, 2.45) is 7.05 Å². The van der Waals surface area contributed by atoms with Crippen molar-refractivity contribution >= 4 is 11.6 Å². The second kappa shape index (κ2) is 4.63. The molecule has 1 atom stereocenters. The van der Waals surface area contributed by atoms with Gasteiger partial charge in [-0.05, 0) is 6.92 Å².